The molecule has 4 rings (SSSR count). The van der Waals surface area contributed by atoms with Gasteiger partial charge in [-0.15, -0.1) is 0 Å². The fourth-order valence-electron chi connectivity index (χ4n) is 3.22. The second-order valence-electron chi connectivity index (χ2n) is 6.97. The van der Waals surface area contributed by atoms with E-state index >= 15 is 0 Å². The number of halogens is 1. The van der Waals surface area contributed by atoms with Crippen LogP contribution in [-0.2, 0) is 19.7 Å². The van der Waals surface area contributed by atoms with Crippen LogP contribution in [0.1, 0.15) is 18.4 Å². The van der Waals surface area contributed by atoms with E-state index in [1.54, 1.807) is 12.1 Å². The molecule has 1 fully saturated rings. The normalized spacial score (nSPS) is 18.8. The molecule has 0 unspecified atom stereocenters. The predicted octanol–water partition coefficient (Wildman–Crippen LogP) is 2.87. The average Bonchev–Trinajstić information content (AvgIpc) is 3.53. The van der Waals surface area contributed by atoms with E-state index in [0.29, 0.717) is 36.0 Å². The average molecular weight is 402 g/mol. The van der Waals surface area contributed by atoms with Crippen molar-refractivity contribution >= 4 is 23.5 Å². The summed E-state index contributed by atoms with van der Waals surface area (Å²) in [6, 6.07) is 14.5. The molecular weight excluding hydrogens is 382 g/mol. The number of para-hydroxylation sites is 2. The van der Waals surface area contributed by atoms with E-state index in [1.165, 1.54) is 0 Å². The van der Waals surface area contributed by atoms with Crippen molar-refractivity contribution in [2.24, 2.45) is 0 Å². The second kappa shape index (κ2) is 7.72. The van der Waals surface area contributed by atoms with Crippen LogP contribution in [-0.4, -0.2) is 37.7 Å². The number of carbonyl (C=O) groups is 2. The van der Waals surface area contributed by atoms with Crippen LogP contribution in [0, 0.1) is 0 Å². The molecule has 2 aromatic carbocycles. The van der Waals surface area contributed by atoms with Crippen LogP contribution in [0.2, 0.25) is 5.02 Å². The molecule has 2 aliphatic rings. The summed E-state index contributed by atoms with van der Waals surface area (Å²) in [5.74, 6) is 0.591. The quantitative estimate of drug-likeness (QED) is 0.753. The molecule has 1 aliphatic carbocycles. The Labute approximate surface area is 167 Å². The number of fused-ring (bicyclic) bond motifs is 1. The van der Waals surface area contributed by atoms with E-state index in [9.17, 15) is 9.59 Å². The summed E-state index contributed by atoms with van der Waals surface area (Å²) in [6.07, 6.45) is 1.13. The Balaban J connectivity index is 1.24. The monoisotopic (exact) mass is 401 g/mol. The summed E-state index contributed by atoms with van der Waals surface area (Å²) in [5, 5.41) is 3.33. The number of benzene rings is 2. The SMILES string of the molecule is O=C(COC(=O)C1(c2ccc(Cl)cc2)CC1)NC[C@H]1COc2ccccc2O1. The van der Waals surface area contributed by atoms with Gasteiger partial charge in [0, 0.05) is 5.02 Å². The van der Waals surface area contributed by atoms with Crippen molar-refractivity contribution in [3.8, 4) is 11.5 Å². The van der Waals surface area contributed by atoms with E-state index in [4.69, 9.17) is 25.8 Å². The van der Waals surface area contributed by atoms with E-state index < -0.39 is 5.41 Å². The predicted molar refractivity (Wildman–Crippen MR) is 103 cm³/mol. The Morgan fingerprint density at radius 2 is 1.82 bits per heavy atom. The van der Waals surface area contributed by atoms with Crippen LogP contribution in [0.4, 0.5) is 0 Å². The Kier molecular flexibility index (Phi) is 5.13. The smallest absolute Gasteiger partial charge is 0.317 e. The third-order valence-electron chi connectivity index (χ3n) is 4.97. The van der Waals surface area contributed by atoms with Crippen LogP contribution >= 0.6 is 11.6 Å². The van der Waals surface area contributed by atoms with Crippen LogP contribution in [0.5, 0.6) is 11.5 Å². The highest BCUT2D eigenvalue weighted by atomic mass is 35.5. The molecule has 0 radical (unpaired) electrons. The van der Waals surface area contributed by atoms with Gasteiger partial charge < -0.3 is 19.5 Å². The molecule has 1 aliphatic heterocycles. The van der Waals surface area contributed by atoms with E-state index in [0.717, 1.165) is 5.56 Å². The maximum absolute atomic E-state index is 12.5. The van der Waals surface area contributed by atoms with Gasteiger partial charge in [0.2, 0.25) is 0 Å². The molecule has 0 saturated heterocycles. The second-order valence-corrected chi connectivity index (χ2v) is 7.40. The maximum atomic E-state index is 12.5. The van der Waals surface area contributed by atoms with E-state index in [-0.39, 0.29) is 31.1 Å². The first kappa shape index (κ1) is 18.6. The number of rotatable bonds is 6. The van der Waals surface area contributed by atoms with Crippen molar-refractivity contribution in [3.63, 3.8) is 0 Å². The number of hydrogen-bond acceptors (Lipinski definition) is 5. The van der Waals surface area contributed by atoms with Crippen LogP contribution in [0.3, 0.4) is 0 Å². The minimum Gasteiger partial charge on any atom is -0.486 e. The molecule has 1 saturated carbocycles. The molecule has 28 heavy (non-hydrogen) atoms. The summed E-state index contributed by atoms with van der Waals surface area (Å²) >= 11 is 5.90. The number of ether oxygens (including phenoxy) is 3. The molecule has 7 heteroatoms. The highest BCUT2D eigenvalue weighted by Crippen LogP contribution is 2.49. The zero-order valence-electron chi connectivity index (χ0n) is 15.2. The van der Waals surface area contributed by atoms with Gasteiger partial charge in [-0.1, -0.05) is 35.9 Å². The van der Waals surface area contributed by atoms with Gasteiger partial charge in [-0.2, -0.15) is 0 Å². The van der Waals surface area contributed by atoms with Gasteiger partial charge in [-0.05, 0) is 42.7 Å². The summed E-state index contributed by atoms with van der Waals surface area (Å²) in [4.78, 5) is 24.5. The van der Waals surface area contributed by atoms with Crippen molar-refractivity contribution in [1.82, 2.24) is 5.32 Å². The summed E-state index contributed by atoms with van der Waals surface area (Å²) in [5.41, 5.74) is 0.225. The minimum absolute atomic E-state index is 0.271. The highest BCUT2D eigenvalue weighted by molar-refractivity contribution is 6.30. The van der Waals surface area contributed by atoms with Gasteiger partial charge in [0.1, 0.15) is 12.7 Å². The summed E-state index contributed by atoms with van der Waals surface area (Å²) < 4.78 is 16.6. The van der Waals surface area contributed by atoms with Gasteiger partial charge in [0.25, 0.3) is 5.91 Å². The summed E-state index contributed by atoms with van der Waals surface area (Å²) in [6.45, 7) is 0.294. The third kappa shape index (κ3) is 3.92. The topological polar surface area (TPSA) is 73.9 Å². The lowest BCUT2D eigenvalue weighted by Gasteiger charge is -2.26. The molecule has 0 bridgehead atoms. The first-order valence-electron chi connectivity index (χ1n) is 9.15. The third-order valence-corrected chi connectivity index (χ3v) is 5.22. The van der Waals surface area contributed by atoms with Crippen molar-refractivity contribution in [2.45, 2.75) is 24.4 Å². The molecular formula is C21H20ClNO5. The molecule has 2 aromatic rings. The zero-order chi connectivity index (χ0) is 19.6. The lowest BCUT2D eigenvalue weighted by Crippen LogP contribution is -2.42. The maximum Gasteiger partial charge on any atom is 0.317 e. The first-order valence-corrected chi connectivity index (χ1v) is 9.53. The largest absolute Gasteiger partial charge is 0.486 e. The van der Waals surface area contributed by atoms with Crippen molar-refractivity contribution in [1.29, 1.82) is 0 Å². The van der Waals surface area contributed by atoms with E-state index in [2.05, 4.69) is 5.32 Å². The van der Waals surface area contributed by atoms with E-state index in [1.807, 2.05) is 36.4 Å². The molecule has 1 atom stereocenters. The highest BCUT2D eigenvalue weighted by Gasteiger charge is 2.52. The molecule has 1 heterocycles. The Morgan fingerprint density at radius 3 is 2.54 bits per heavy atom. The number of esters is 1. The number of hydrogen-bond donors (Lipinski definition) is 1. The Bertz CT molecular complexity index is 879. The lowest BCUT2D eigenvalue weighted by molar-refractivity contribution is -0.151. The molecule has 0 aromatic heterocycles. The van der Waals surface area contributed by atoms with Gasteiger partial charge in [0.05, 0.1) is 12.0 Å². The molecule has 6 nitrogen and oxygen atoms in total. The molecule has 0 spiro atoms. The standard InChI is InChI=1S/C21H20ClNO5/c22-15-7-5-14(6-8-15)21(9-10-21)20(25)27-13-19(24)23-11-16-12-26-17-3-1-2-4-18(17)28-16/h1-8,16H,9-13H2,(H,23,24)/t16-/m0/s1. The first-order chi connectivity index (χ1) is 13.6. The van der Waals surface area contributed by atoms with Crippen molar-refractivity contribution in [2.75, 3.05) is 19.8 Å². The Hall–Kier alpha value is -2.73. The van der Waals surface area contributed by atoms with Gasteiger partial charge in [-0.3, -0.25) is 9.59 Å². The molecule has 1 N–H and O–H groups in total. The number of nitrogens with one attached hydrogen (secondary N) is 1. The van der Waals surface area contributed by atoms with Crippen LogP contribution in [0.25, 0.3) is 0 Å². The zero-order valence-corrected chi connectivity index (χ0v) is 15.9. The fourth-order valence-corrected chi connectivity index (χ4v) is 3.34. The lowest BCUT2D eigenvalue weighted by atomic mass is 9.96. The van der Waals surface area contributed by atoms with Gasteiger partial charge >= 0.3 is 5.97 Å². The van der Waals surface area contributed by atoms with Crippen molar-refractivity contribution < 1.29 is 23.8 Å². The Morgan fingerprint density at radius 1 is 1.11 bits per heavy atom. The van der Waals surface area contributed by atoms with Crippen LogP contribution < -0.4 is 14.8 Å². The molecule has 146 valence electrons. The molecule has 1 amide bonds. The minimum atomic E-state index is -0.644. The van der Waals surface area contributed by atoms with Gasteiger partial charge in [0.15, 0.2) is 18.1 Å². The van der Waals surface area contributed by atoms with Crippen LogP contribution in [0.15, 0.2) is 48.5 Å². The fraction of sp³-hybridized carbons (Fsp3) is 0.333. The van der Waals surface area contributed by atoms with Crippen molar-refractivity contribution in [3.05, 3.63) is 59.1 Å². The summed E-state index contributed by atoms with van der Waals surface area (Å²) in [7, 11) is 0. The number of amides is 1. The van der Waals surface area contributed by atoms with Gasteiger partial charge in [-0.25, -0.2) is 0 Å². The number of carbonyl (C=O) groups excluding carboxylic acids is 2.